The maximum absolute atomic E-state index is 8.96. The van der Waals surface area contributed by atoms with Gasteiger partial charge in [0.2, 0.25) is 0 Å². The van der Waals surface area contributed by atoms with Crippen LogP contribution in [0.4, 0.5) is 0 Å². The van der Waals surface area contributed by atoms with E-state index in [1.165, 1.54) is 0 Å². The fourth-order valence-electron chi connectivity index (χ4n) is 1.34. The molecule has 0 aliphatic rings. The van der Waals surface area contributed by atoms with Gasteiger partial charge in [0.25, 0.3) is 0 Å². The highest BCUT2D eigenvalue weighted by molar-refractivity contribution is 4.80. The summed E-state index contributed by atoms with van der Waals surface area (Å²) in [6.07, 6.45) is -12.8. The number of aliphatic hydroxyl groups is 12. The fraction of sp³-hybridized carbons (Fsp3) is 1.00. The largest absolute Gasteiger partial charge is 0.412 e. The Morgan fingerprint density at radius 1 is 0.360 bits per heavy atom. The maximum atomic E-state index is 8.96. The van der Waals surface area contributed by atoms with Crippen LogP contribution in [0.3, 0.4) is 0 Å². The Kier molecular flexibility index (Phi) is 18.4. The minimum Gasteiger partial charge on any atom is -0.412 e. The molecule has 14 N–H and O–H groups in total. The Balaban J connectivity index is -0.000000372. The molecule has 0 saturated heterocycles. The zero-order chi connectivity index (χ0) is 19.4. The zero-order valence-corrected chi connectivity index (χ0v) is 13.3. The number of hydrogen-bond acceptors (Lipinski definition) is 12. The molecule has 0 amide bonds. The van der Waals surface area contributed by atoms with Gasteiger partial charge in [-0.25, -0.2) is 0 Å². The second-order valence-electron chi connectivity index (χ2n) is 4.96. The topological polar surface area (TPSA) is 274 Å². The van der Waals surface area contributed by atoms with Crippen LogP contribution in [0, 0.1) is 0 Å². The zero-order valence-electron chi connectivity index (χ0n) is 13.3. The first kappa shape index (κ1) is 29.3. The van der Waals surface area contributed by atoms with E-state index in [-0.39, 0.29) is 5.48 Å². The summed E-state index contributed by atoms with van der Waals surface area (Å²) in [5, 5.41) is 104. The molecule has 0 aromatic heterocycles. The van der Waals surface area contributed by atoms with Crippen LogP contribution >= 0.6 is 0 Å². The van der Waals surface area contributed by atoms with Gasteiger partial charge < -0.3 is 66.8 Å². The average molecular weight is 382 g/mol. The molecule has 156 valence electrons. The predicted molar refractivity (Wildman–Crippen MR) is 80.0 cm³/mol. The molecule has 0 heterocycles. The van der Waals surface area contributed by atoms with E-state index in [0.29, 0.717) is 0 Å². The highest BCUT2D eigenvalue weighted by Crippen LogP contribution is 2.04. The second kappa shape index (κ2) is 15.7. The van der Waals surface area contributed by atoms with Gasteiger partial charge in [0, 0.05) is 0 Å². The van der Waals surface area contributed by atoms with Crippen LogP contribution in [0.15, 0.2) is 0 Å². The van der Waals surface area contributed by atoms with E-state index < -0.39 is 75.3 Å². The molecule has 0 rings (SSSR count). The van der Waals surface area contributed by atoms with Crippen molar-refractivity contribution in [1.82, 2.24) is 0 Å². The minimum atomic E-state index is -1.67. The molecule has 0 radical (unpaired) electrons. The first-order chi connectivity index (χ1) is 11.1. The van der Waals surface area contributed by atoms with Crippen molar-refractivity contribution in [2.45, 2.75) is 48.8 Å². The SMILES string of the molecule is O.OCC(O)C(O)C(O)C(O)CO.OCC(O)C(O)C(O)C(O)CO. The number of hydrogen-bond donors (Lipinski definition) is 12. The molecule has 0 spiro atoms. The lowest BCUT2D eigenvalue weighted by Crippen LogP contribution is -2.46. The predicted octanol–water partition coefficient (Wildman–Crippen LogP) is -8.00. The monoisotopic (exact) mass is 382 g/mol. The first-order valence-corrected chi connectivity index (χ1v) is 6.96. The highest BCUT2D eigenvalue weighted by Gasteiger charge is 2.30. The molecule has 0 bridgehead atoms. The summed E-state index contributed by atoms with van der Waals surface area (Å²) >= 11 is 0. The summed E-state index contributed by atoms with van der Waals surface area (Å²) in [5.74, 6) is 0. The Hall–Kier alpha value is -0.520. The van der Waals surface area contributed by atoms with Crippen molar-refractivity contribution in [3.05, 3.63) is 0 Å². The third-order valence-corrected chi connectivity index (χ3v) is 3.02. The Morgan fingerprint density at radius 3 is 0.560 bits per heavy atom. The molecule has 0 saturated carbocycles. The van der Waals surface area contributed by atoms with Gasteiger partial charge in [0.1, 0.15) is 48.8 Å². The Bertz CT molecular complexity index is 238. The summed E-state index contributed by atoms with van der Waals surface area (Å²) < 4.78 is 0. The molecular formula is C12H30O13. The normalized spacial score (nSPS) is 20.6. The second-order valence-corrected chi connectivity index (χ2v) is 4.96. The van der Waals surface area contributed by atoms with E-state index in [4.69, 9.17) is 61.3 Å². The van der Waals surface area contributed by atoms with E-state index in [1.54, 1.807) is 0 Å². The van der Waals surface area contributed by atoms with Crippen molar-refractivity contribution in [3.8, 4) is 0 Å². The smallest absolute Gasteiger partial charge is 0.111 e. The lowest BCUT2D eigenvalue weighted by molar-refractivity contribution is -0.123. The van der Waals surface area contributed by atoms with Crippen molar-refractivity contribution in [2.75, 3.05) is 26.4 Å². The summed E-state index contributed by atoms with van der Waals surface area (Å²) in [6.45, 7) is -2.90. The van der Waals surface area contributed by atoms with Gasteiger partial charge in [-0.3, -0.25) is 0 Å². The molecule has 8 atom stereocenters. The third-order valence-electron chi connectivity index (χ3n) is 3.02. The highest BCUT2D eigenvalue weighted by atomic mass is 16.4. The van der Waals surface area contributed by atoms with Crippen LogP contribution in [-0.2, 0) is 0 Å². The van der Waals surface area contributed by atoms with Crippen molar-refractivity contribution in [1.29, 1.82) is 0 Å². The van der Waals surface area contributed by atoms with Crippen LogP contribution in [0.2, 0.25) is 0 Å². The first-order valence-electron chi connectivity index (χ1n) is 6.96. The molecule has 0 aromatic carbocycles. The molecule has 0 aliphatic heterocycles. The van der Waals surface area contributed by atoms with Crippen molar-refractivity contribution in [3.63, 3.8) is 0 Å². The van der Waals surface area contributed by atoms with E-state index >= 15 is 0 Å². The molecule has 13 heteroatoms. The van der Waals surface area contributed by atoms with Crippen molar-refractivity contribution >= 4 is 0 Å². The molecule has 8 unspecified atom stereocenters. The van der Waals surface area contributed by atoms with Crippen molar-refractivity contribution in [2.24, 2.45) is 0 Å². The quantitative estimate of drug-likeness (QED) is 0.168. The third kappa shape index (κ3) is 10.9. The molecule has 25 heavy (non-hydrogen) atoms. The van der Waals surface area contributed by atoms with E-state index in [1.807, 2.05) is 0 Å². The van der Waals surface area contributed by atoms with Gasteiger partial charge >= 0.3 is 0 Å². The summed E-state index contributed by atoms with van der Waals surface area (Å²) in [7, 11) is 0. The van der Waals surface area contributed by atoms with Gasteiger partial charge in [0.05, 0.1) is 26.4 Å². The summed E-state index contributed by atoms with van der Waals surface area (Å²) in [5.41, 5.74) is 0. The summed E-state index contributed by atoms with van der Waals surface area (Å²) in [6, 6.07) is 0. The van der Waals surface area contributed by atoms with Crippen LogP contribution in [0.5, 0.6) is 0 Å². The minimum absolute atomic E-state index is 0. The number of rotatable bonds is 10. The van der Waals surface area contributed by atoms with E-state index in [0.717, 1.165) is 0 Å². The van der Waals surface area contributed by atoms with E-state index in [9.17, 15) is 0 Å². The fourth-order valence-corrected chi connectivity index (χ4v) is 1.34. The molecule has 13 nitrogen and oxygen atoms in total. The Labute approximate surface area is 143 Å². The van der Waals surface area contributed by atoms with Crippen LogP contribution in [0.25, 0.3) is 0 Å². The van der Waals surface area contributed by atoms with Gasteiger partial charge in [-0.05, 0) is 0 Å². The maximum Gasteiger partial charge on any atom is 0.111 e. The van der Waals surface area contributed by atoms with Crippen LogP contribution in [-0.4, -0.2) is 142 Å². The lowest BCUT2D eigenvalue weighted by Gasteiger charge is -2.24. The Morgan fingerprint density at radius 2 is 0.480 bits per heavy atom. The van der Waals surface area contributed by atoms with Gasteiger partial charge in [-0.1, -0.05) is 0 Å². The molecule has 0 aliphatic carbocycles. The van der Waals surface area contributed by atoms with Crippen molar-refractivity contribution < 1.29 is 66.8 Å². The molecular weight excluding hydrogens is 352 g/mol. The summed E-state index contributed by atoms with van der Waals surface area (Å²) in [4.78, 5) is 0. The van der Waals surface area contributed by atoms with Gasteiger partial charge in [-0.15, -0.1) is 0 Å². The van der Waals surface area contributed by atoms with Crippen LogP contribution < -0.4 is 0 Å². The molecule has 0 fully saturated rings. The van der Waals surface area contributed by atoms with E-state index in [2.05, 4.69) is 0 Å². The van der Waals surface area contributed by atoms with Gasteiger partial charge in [-0.2, -0.15) is 0 Å². The standard InChI is InChI=1S/2C6H14O6.H2O/c2*7-1-3(9)5(11)6(12)4(10)2-8;/h2*3-12H,1-2H2;1H2. The average Bonchev–Trinajstić information content (AvgIpc) is 2.62. The molecule has 0 aromatic rings. The lowest BCUT2D eigenvalue weighted by atomic mass is 10.0. The number of aliphatic hydroxyl groups excluding tert-OH is 12. The van der Waals surface area contributed by atoms with Crippen LogP contribution in [0.1, 0.15) is 0 Å². The van der Waals surface area contributed by atoms with Gasteiger partial charge in [0.15, 0.2) is 0 Å².